The topological polar surface area (TPSA) is 12.0 Å². The normalized spacial score (nSPS) is 26.9. The molecule has 0 bridgehead atoms. The van der Waals surface area contributed by atoms with Gasteiger partial charge in [-0.25, -0.2) is 4.39 Å². The van der Waals surface area contributed by atoms with E-state index in [0.717, 1.165) is 17.9 Å². The van der Waals surface area contributed by atoms with E-state index >= 15 is 0 Å². The van der Waals surface area contributed by atoms with E-state index in [-0.39, 0.29) is 11.2 Å². The summed E-state index contributed by atoms with van der Waals surface area (Å²) in [6.45, 7) is 6.97. The van der Waals surface area contributed by atoms with E-state index in [0.29, 0.717) is 17.0 Å². The van der Waals surface area contributed by atoms with Crippen molar-refractivity contribution in [1.29, 1.82) is 0 Å². The van der Waals surface area contributed by atoms with Crippen LogP contribution in [0.5, 0.6) is 0 Å². The van der Waals surface area contributed by atoms with Crippen LogP contribution >= 0.6 is 11.6 Å². The summed E-state index contributed by atoms with van der Waals surface area (Å²) >= 11 is 6.21. The Hall–Kier alpha value is -0.600. The van der Waals surface area contributed by atoms with E-state index < -0.39 is 0 Å². The van der Waals surface area contributed by atoms with Crippen molar-refractivity contribution in [1.82, 2.24) is 5.32 Å². The number of halogens is 2. The van der Waals surface area contributed by atoms with Crippen molar-refractivity contribution < 1.29 is 4.39 Å². The molecule has 1 nitrogen and oxygen atoms in total. The zero-order chi connectivity index (χ0) is 15.6. The van der Waals surface area contributed by atoms with E-state index in [2.05, 4.69) is 33.1 Å². The molecule has 118 valence electrons. The Kier molecular flexibility index (Phi) is 5.32. The average molecular weight is 312 g/mol. The summed E-state index contributed by atoms with van der Waals surface area (Å²) in [5.74, 6) is 1.16. The number of nitrogens with one attached hydrogen (secondary N) is 1. The Morgan fingerprint density at radius 2 is 2.05 bits per heavy atom. The molecule has 3 atom stereocenters. The highest BCUT2D eigenvalue weighted by Gasteiger charge is 2.38. The molecule has 3 heteroatoms. The van der Waals surface area contributed by atoms with E-state index in [1.165, 1.54) is 31.4 Å². The minimum Gasteiger partial charge on any atom is -0.317 e. The zero-order valence-electron chi connectivity index (χ0n) is 13.5. The smallest absolute Gasteiger partial charge is 0.124 e. The maximum Gasteiger partial charge on any atom is 0.124 e. The predicted octanol–water partition coefficient (Wildman–Crippen LogP) is 5.07. The second-order valence-corrected chi connectivity index (χ2v) is 7.73. The van der Waals surface area contributed by atoms with Crippen molar-refractivity contribution in [3.05, 3.63) is 34.6 Å². The van der Waals surface area contributed by atoms with Gasteiger partial charge in [0.15, 0.2) is 0 Å². The Balaban J connectivity index is 2.16. The minimum atomic E-state index is -0.263. The first kappa shape index (κ1) is 16.8. The van der Waals surface area contributed by atoms with Crippen LogP contribution in [0, 0.1) is 23.1 Å². The fourth-order valence-electron chi connectivity index (χ4n) is 3.92. The predicted molar refractivity (Wildman–Crippen MR) is 88.2 cm³/mol. The molecule has 1 saturated carbocycles. The third-order valence-corrected chi connectivity index (χ3v) is 5.50. The molecule has 1 N–H and O–H groups in total. The summed E-state index contributed by atoms with van der Waals surface area (Å²) in [7, 11) is 2.07. The summed E-state index contributed by atoms with van der Waals surface area (Å²) in [4.78, 5) is 0. The van der Waals surface area contributed by atoms with Gasteiger partial charge in [0, 0.05) is 11.1 Å². The summed E-state index contributed by atoms with van der Waals surface area (Å²) < 4.78 is 13.2. The van der Waals surface area contributed by atoms with Gasteiger partial charge in [0.1, 0.15) is 5.82 Å². The molecule has 0 aromatic heterocycles. The fourth-order valence-corrected chi connectivity index (χ4v) is 4.16. The molecule has 0 aliphatic heterocycles. The van der Waals surface area contributed by atoms with E-state index in [1.54, 1.807) is 0 Å². The maximum absolute atomic E-state index is 13.2. The van der Waals surface area contributed by atoms with Gasteiger partial charge in [0.05, 0.1) is 0 Å². The molecule has 21 heavy (non-hydrogen) atoms. The molecular formula is C18H27ClFN. The van der Waals surface area contributed by atoms with Crippen LogP contribution < -0.4 is 5.32 Å². The lowest BCUT2D eigenvalue weighted by molar-refractivity contribution is 0.0980. The molecule has 1 aromatic carbocycles. The minimum absolute atomic E-state index is 0.148. The van der Waals surface area contributed by atoms with Crippen LogP contribution in [-0.4, -0.2) is 13.1 Å². The molecule has 0 amide bonds. The van der Waals surface area contributed by atoms with Gasteiger partial charge in [0.2, 0.25) is 0 Å². The molecule has 0 spiro atoms. The van der Waals surface area contributed by atoms with Gasteiger partial charge in [-0.05, 0) is 61.3 Å². The van der Waals surface area contributed by atoms with Crippen LogP contribution in [0.2, 0.25) is 5.02 Å². The van der Waals surface area contributed by atoms with Gasteiger partial charge in [-0.2, -0.15) is 0 Å². The van der Waals surface area contributed by atoms with Gasteiger partial charge in [-0.15, -0.1) is 0 Å². The second kappa shape index (κ2) is 6.66. The molecule has 0 saturated heterocycles. The molecule has 1 aromatic rings. The van der Waals surface area contributed by atoms with Crippen molar-refractivity contribution >= 4 is 11.6 Å². The molecule has 2 rings (SSSR count). The first-order valence-corrected chi connectivity index (χ1v) is 8.32. The maximum atomic E-state index is 13.2. The highest BCUT2D eigenvalue weighted by molar-refractivity contribution is 6.31. The lowest BCUT2D eigenvalue weighted by Crippen LogP contribution is -2.46. The van der Waals surface area contributed by atoms with Crippen molar-refractivity contribution in [2.45, 2.75) is 52.5 Å². The lowest BCUT2D eigenvalue weighted by atomic mass is 9.64. The molecule has 0 heterocycles. The molecule has 1 fully saturated rings. The Bertz CT molecular complexity index is 486. The van der Waals surface area contributed by atoms with E-state index in [4.69, 9.17) is 11.6 Å². The Morgan fingerprint density at radius 1 is 1.33 bits per heavy atom. The average Bonchev–Trinajstić information content (AvgIpc) is 2.41. The fraction of sp³-hybridized carbons (Fsp3) is 0.667. The molecule has 3 unspecified atom stereocenters. The van der Waals surface area contributed by atoms with Gasteiger partial charge >= 0.3 is 0 Å². The highest BCUT2D eigenvalue weighted by Crippen LogP contribution is 2.43. The number of hydrogen-bond acceptors (Lipinski definition) is 1. The van der Waals surface area contributed by atoms with Crippen LogP contribution in [0.1, 0.15) is 45.6 Å². The van der Waals surface area contributed by atoms with Gasteiger partial charge in [-0.3, -0.25) is 0 Å². The summed E-state index contributed by atoms with van der Waals surface area (Å²) in [5.41, 5.74) is 1.20. The SMILES string of the molecule is CNC1CC(C)CCC1C(C)(C)Cc1ccc(F)cc1Cl. The monoisotopic (exact) mass is 311 g/mol. The second-order valence-electron chi connectivity index (χ2n) is 7.32. The quantitative estimate of drug-likeness (QED) is 0.818. The summed E-state index contributed by atoms with van der Waals surface area (Å²) in [5, 5.41) is 4.06. The third-order valence-electron chi connectivity index (χ3n) is 5.15. The lowest BCUT2D eigenvalue weighted by Gasteiger charge is -2.44. The highest BCUT2D eigenvalue weighted by atomic mass is 35.5. The van der Waals surface area contributed by atoms with Crippen molar-refractivity contribution in [3.63, 3.8) is 0 Å². The van der Waals surface area contributed by atoms with Gasteiger partial charge in [-0.1, -0.05) is 44.9 Å². The van der Waals surface area contributed by atoms with E-state index in [9.17, 15) is 4.39 Å². The molecule has 1 aliphatic carbocycles. The first-order chi connectivity index (χ1) is 9.83. The molecule has 0 radical (unpaired) electrons. The van der Waals surface area contributed by atoms with Gasteiger partial charge in [0.25, 0.3) is 0 Å². The molecular weight excluding hydrogens is 285 g/mol. The largest absolute Gasteiger partial charge is 0.317 e. The van der Waals surface area contributed by atoms with Crippen LogP contribution in [0.25, 0.3) is 0 Å². The van der Waals surface area contributed by atoms with Crippen LogP contribution in [-0.2, 0) is 6.42 Å². The summed E-state index contributed by atoms with van der Waals surface area (Å²) in [6.07, 6.45) is 4.67. The van der Waals surface area contributed by atoms with Crippen molar-refractivity contribution in [3.8, 4) is 0 Å². The van der Waals surface area contributed by atoms with Crippen molar-refractivity contribution in [2.24, 2.45) is 17.3 Å². The van der Waals surface area contributed by atoms with Crippen LogP contribution in [0.15, 0.2) is 18.2 Å². The third kappa shape index (κ3) is 3.98. The summed E-state index contributed by atoms with van der Waals surface area (Å²) in [6, 6.07) is 5.32. The van der Waals surface area contributed by atoms with Crippen molar-refractivity contribution in [2.75, 3.05) is 7.05 Å². The number of hydrogen-bond donors (Lipinski definition) is 1. The van der Waals surface area contributed by atoms with E-state index in [1.807, 2.05) is 6.07 Å². The Labute approximate surface area is 133 Å². The van der Waals surface area contributed by atoms with Crippen LogP contribution in [0.3, 0.4) is 0 Å². The zero-order valence-corrected chi connectivity index (χ0v) is 14.3. The number of benzene rings is 1. The number of rotatable bonds is 4. The Morgan fingerprint density at radius 3 is 2.67 bits per heavy atom. The van der Waals surface area contributed by atoms with Crippen LogP contribution in [0.4, 0.5) is 4.39 Å². The first-order valence-electron chi connectivity index (χ1n) is 7.94. The molecule has 1 aliphatic rings. The standard InChI is InChI=1S/C18H27ClFN/c1-12-5-8-15(17(9-12)21-4)18(2,3)11-13-6-7-14(20)10-16(13)19/h6-7,10,12,15,17,21H,5,8-9,11H2,1-4H3. The van der Waals surface area contributed by atoms with Gasteiger partial charge < -0.3 is 5.32 Å².